The van der Waals surface area contributed by atoms with E-state index in [4.69, 9.17) is 20.6 Å². The second-order valence-electron chi connectivity index (χ2n) is 17.4. The van der Waals surface area contributed by atoms with E-state index in [9.17, 15) is 79.2 Å². The summed E-state index contributed by atoms with van der Waals surface area (Å²) in [7, 11) is 0. The van der Waals surface area contributed by atoms with E-state index in [-0.39, 0.29) is 99.0 Å². The van der Waals surface area contributed by atoms with Crippen molar-refractivity contribution in [3.63, 3.8) is 0 Å². The summed E-state index contributed by atoms with van der Waals surface area (Å²) >= 11 is 0. The Morgan fingerprint density at radius 1 is 0.625 bits per heavy atom. The van der Waals surface area contributed by atoms with Crippen LogP contribution in [0.15, 0.2) is 67.2 Å². The molecule has 20 nitrogen and oxygen atoms in total. The van der Waals surface area contributed by atoms with Gasteiger partial charge < -0.3 is 89.8 Å². The van der Waals surface area contributed by atoms with E-state index in [2.05, 4.69) is 0 Å². The van der Waals surface area contributed by atoms with Gasteiger partial charge in [0, 0.05) is 117 Å². The summed E-state index contributed by atoms with van der Waals surface area (Å²) in [5.74, 6) is -13.9. The molecular weight excluding hydrogens is 887 g/mol. The molecule has 8 bridgehead atoms. The first-order valence-corrected chi connectivity index (χ1v) is 20.1. The first-order valence-electron chi connectivity index (χ1n) is 20.1. The average molecular weight is 930 g/mol. The van der Waals surface area contributed by atoms with Crippen LogP contribution in [0.5, 0.6) is 0 Å². The Bertz CT molecular complexity index is 2310. The van der Waals surface area contributed by atoms with E-state index in [1.54, 1.807) is 0 Å². The maximum absolute atomic E-state index is 12.6. The van der Waals surface area contributed by atoms with Crippen molar-refractivity contribution in [2.45, 2.75) is 123 Å². The first-order chi connectivity index (χ1) is 29.2. The largest absolute Gasteiger partial charge is 0.680 e. The van der Waals surface area contributed by atoms with Crippen LogP contribution >= 0.6 is 0 Å². The molecule has 0 N–H and O–H groups in total. The second-order valence-corrected chi connectivity index (χ2v) is 17.4. The third-order valence-corrected chi connectivity index (χ3v) is 13.0. The third kappa shape index (κ3) is 10.1. The molecule has 0 aromatic heterocycles. The number of aliphatic carboxylic acids is 8. The average Bonchev–Trinajstić information content (AvgIpc) is 3.73. The minimum Gasteiger partial charge on any atom is -0.680 e. The predicted octanol–water partition coefficient (Wildman–Crippen LogP) is -4.91. The summed E-state index contributed by atoms with van der Waals surface area (Å²) in [4.78, 5) is 108. The number of hydrogen-bond acceptors (Lipinski definition) is 18. The molecular formula is C43H42CoN4O16-10. The molecule has 5 aliphatic rings. The number of fused-ring (bicyclic) bond motifs is 7. The van der Waals surface area contributed by atoms with Crippen molar-refractivity contribution in [3.8, 4) is 0 Å². The van der Waals surface area contributed by atoms with E-state index in [0.717, 1.165) is 0 Å². The van der Waals surface area contributed by atoms with Gasteiger partial charge in [0.05, 0.1) is 0 Å². The summed E-state index contributed by atoms with van der Waals surface area (Å²) in [6.45, 7) is 5.77. The SMILES string of the molecule is C[C@]1(CCC(=O)[O-])C2=NC(=C1CC(=O)[O-])C1[N-]/C(=C\C3=NC(=C(CCC(=O)[O-])[C@]3(C)CC(=O)[O-])C[C@]3(C)[N-]/C(=C\2)C(CCC(=O)[O-])=C3CC(=O)[O-])[C@@H](CCC(=O)[O-])[C@]1(C)CC(=O)[O-].[Co]. The quantitative estimate of drug-likeness (QED) is 0.110. The van der Waals surface area contributed by atoms with Gasteiger partial charge in [-0.2, -0.15) is 5.70 Å². The molecule has 64 heavy (non-hydrogen) atoms. The van der Waals surface area contributed by atoms with Crippen LogP contribution in [0.1, 0.15) is 111 Å². The molecule has 0 amide bonds. The molecule has 5 aliphatic heterocycles. The van der Waals surface area contributed by atoms with Crippen molar-refractivity contribution in [1.29, 1.82) is 0 Å². The Labute approximate surface area is 376 Å². The zero-order valence-electron chi connectivity index (χ0n) is 35.2. The van der Waals surface area contributed by atoms with Gasteiger partial charge in [-0.05, 0) is 93.6 Å². The molecule has 21 heteroatoms. The summed E-state index contributed by atoms with van der Waals surface area (Å²) in [5, 5.41) is 108. The molecule has 5 heterocycles. The van der Waals surface area contributed by atoms with Crippen molar-refractivity contribution in [2.24, 2.45) is 32.1 Å². The fourth-order valence-corrected chi connectivity index (χ4v) is 9.90. The molecule has 0 saturated carbocycles. The van der Waals surface area contributed by atoms with Gasteiger partial charge in [-0.1, -0.05) is 55.7 Å². The maximum atomic E-state index is 12.6. The first kappa shape index (κ1) is 50.6. The number of rotatable bonds is 20. The normalized spacial score (nSPS) is 29.7. The number of carbonyl (C=O) groups is 8. The monoisotopic (exact) mass is 929 g/mol. The zero-order chi connectivity index (χ0) is 47.0. The van der Waals surface area contributed by atoms with Crippen molar-refractivity contribution < 1.29 is 96.0 Å². The Hall–Kier alpha value is -6.09. The van der Waals surface area contributed by atoms with Gasteiger partial charge in [-0.25, -0.2) is 0 Å². The van der Waals surface area contributed by atoms with Crippen molar-refractivity contribution in [1.82, 2.24) is 0 Å². The van der Waals surface area contributed by atoms with E-state index in [0.29, 0.717) is 0 Å². The number of carboxylic acid groups (broad SMARTS) is 8. The maximum Gasteiger partial charge on any atom is 0.0495 e. The molecule has 1 fully saturated rings. The van der Waals surface area contributed by atoms with Gasteiger partial charge in [0.2, 0.25) is 0 Å². The minimum absolute atomic E-state index is 0. The minimum atomic E-state index is -1.73. The number of aliphatic imine (C=N–C) groups is 2. The molecule has 1 unspecified atom stereocenters. The fourth-order valence-electron chi connectivity index (χ4n) is 9.90. The van der Waals surface area contributed by atoms with Crippen molar-refractivity contribution >= 4 is 59.2 Å². The number of carboxylic acids is 8. The van der Waals surface area contributed by atoms with Crippen LogP contribution in [0, 0.1) is 22.2 Å². The van der Waals surface area contributed by atoms with Crippen molar-refractivity contribution in [3.05, 3.63) is 67.9 Å². The number of hydrogen-bond donors (Lipinski definition) is 0. The van der Waals surface area contributed by atoms with E-state index >= 15 is 0 Å². The molecule has 5 rings (SSSR count). The molecule has 0 spiro atoms. The smallest absolute Gasteiger partial charge is 0.0495 e. The summed E-state index contributed by atoms with van der Waals surface area (Å²) in [5.41, 5.74) is -7.13. The molecule has 349 valence electrons. The van der Waals surface area contributed by atoms with Crippen molar-refractivity contribution in [2.75, 3.05) is 0 Å². The van der Waals surface area contributed by atoms with Gasteiger partial charge in [0.25, 0.3) is 0 Å². The zero-order valence-corrected chi connectivity index (χ0v) is 36.2. The van der Waals surface area contributed by atoms with E-state index < -0.39 is 139 Å². The van der Waals surface area contributed by atoms with Gasteiger partial charge in [-0.3, -0.25) is 9.98 Å². The predicted molar refractivity (Wildman–Crippen MR) is 199 cm³/mol. The van der Waals surface area contributed by atoms with Crippen LogP contribution in [0.3, 0.4) is 0 Å². The standard InChI is InChI=1S/C43H52N4O16.Co/c1-40(12-11-33(54)55)24(14-35(58)59)38-39-42(3,19-37(62)63)21(6-9-31(50)51)26(45-39)16-29-41(2,18-36(60)61)22(7-10-32(52)53)27(44-29)17-43(4)23(13-34(56)57)20(5-8-30(48)49)25(47-43)15-28(40)46-38;/h15-16,21,39H,5-14,17-19H2,1-4H3,(H10,44,45,46,47,48,49,50,51,52,53,54,55,56,57,58,59,60,61,62,63);/p-10/t21-,39?,40-,41+,42+,43+;/m1./s1. The third-order valence-electron chi connectivity index (χ3n) is 13.0. The molecule has 0 aliphatic carbocycles. The molecule has 0 aromatic carbocycles. The van der Waals surface area contributed by atoms with Gasteiger partial charge in [0.1, 0.15) is 0 Å². The van der Waals surface area contributed by atoms with Crippen LogP contribution in [0.25, 0.3) is 10.6 Å². The number of allylic oxidation sites excluding steroid dienone is 5. The summed E-state index contributed by atoms with van der Waals surface area (Å²) < 4.78 is 0. The Morgan fingerprint density at radius 2 is 1.17 bits per heavy atom. The summed E-state index contributed by atoms with van der Waals surface area (Å²) in [6, 6.07) is -1.47. The second kappa shape index (κ2) is 18.9. The Morgan fingerprint density at radius 3 is 1.72 bits per heavy atom. The number of nitrogens with zero attached hydrogens (tertiary/aromatic N) is 4. The number of carbonyl (C=O) groups excluding carboxylic acids is 8. The van der Waals surface area contributed by atoms with Crippen LogP contribution in [0.4, 0.5) is 0 Å². The summed E-state index contributed by atoms with van der Waals surface area (Å²) in [6.07, 6.45) is -5.36. The molecule has 1 saturated heterocycles. The van der Waals surface area contributed by atoms with Crippen LogP contribution in [-0.2, 0) is 55.1 Å². The van der Waals surface area contributed by atoms with Crippen LogP contribution in [0.2, 0.25) is 0 Å². The van der Waals surface area contributed by atoms with E-state index in [1.165, 1.54) is 39.8 Å². The van der Waals surface area contributed by atoms with E-state index in [1.807, 2.05) is 0 Å². The Balaban J connectivity index is 0.00000898. The molecule has 1 radical (unpaired) electrons. The van der Waals surface area contributed by atoms with Crippen LogP contribution in [-0.4, -0.2) is 70.8 Å². The van der Waals surface area contributed by atoms with Gasteiger partial charge >= 0.3 is 0 Å². The Kier molecular flexibility index (Phi) is 15.0. The van der Waals surface area contributed by atoms with Crippen LogP contribution < -0.4 is 40.9 Å². The van der Waals surface area contributed by atoms with Gasteiger partial charge in [-0.15, -0.1) is 5.70 Å². The van der Waals surface area contributed by atoms with Gasteiger partial charge in [0.15, 0.2) is 0 Å². The molecule has 0 aromatic rings. The molecule has 6 atom stereocenters. The fraction of sp³-hybridized carbons (Fsp3) is 0.535. The topological polar surface area (TPSA) is 374 Å².